The van der Waals surface area contributed by atoms with Crippen LogP contribution in [0.2, 0.25) is 0 Å². The number of benzene rings is 1. The maximum atomic E-state index is 8.80. The molecule has 1 aliphatic rings. The summed E-state index contributed by atoms with van der Waals surface area (Å²) in [4.78, 5) is 8.12. The summed E-state index contributed by atoms with van der Waals surface area (Å²) in [6.45, 7) is 2.83. The topological polar surface area (TPSA) is 121 Å². The highest BCUT2D eigenvalue weighted by Gasteiger charge is 2.15. The Labute approximate surface area is 186 Å². The van der Waals surface area contributed by atoms with Gasteiger partial charge in [-0.15, -0.1) is 12.4 Å². The van der Waals surface area contributed by atoms with E-state index in [4.69, 9.17) is 14.7 Å². The number of piperidine rings is 1. The lowest BCUT2D eigenvalue weighted by molar-refractivity contribution is 0.214. The quantitative estimate of drug-likeness (QED) is 0.510. The molecule has 0 unspecified atom stereocenters. The van der Waals surface area contributed by atoms with E-state index in [0.29, 0.717) is 29.9 Å². The third-order valence-corrected chi connectivity index (χ3v) is 5.01. The number of nitrogens with one attached hydrogen (secondary N) is 3. The van der Waals surface area contributed by atoms with Crippen LogP contribution < -0.4 is 20.1 Å². The summed E-state index contributed by atoms with van der Waals surface area (Å²) in [5.41, 5.74) is 1.93. The molecule has 0 radical (unpaired) electrons. The maximum Gasteiger partial charge on any atom is 0.158 e. The largest absolute Gasteiger partial charge is 0.496 e. The van der Waals surface area contributed by atoms with E-state index in [1.54, 1.807) is 7.11 Å². The molecule has 3 N–H and O–H groups in total. The number of anilines is 2. The van der Waals surface area contributed by atoms with E-state index in [1.807, 2.05) is 30.3 Å². The van der Waals surface area contributed by atoms with Gasteiger partial charge in [-0.2, -0.15) is 10.4 Å². The van der Waals surface area contributed by atoms with Crippen molar-refractivity contribution < 1.29 is 9.47 Å². The first kappa shape index (κ1) is 22.3. The Kier molecular flexibility index (Phi) is 7.65. The summed E-state index contributed by atoms with van der Waals surface area (Å²) in [5.74, 6) is 3.16. The molecule has 0 amide bonds. The van der Waals surface area contributed by atoms with Gasteiger partial charge in [-0.05, 0) is 44.0 Å². The second-order valence-electron chi connectivity index (χ2n) is 7.06. The van der Waals surface area contributed by atoms with Crippen molar-refractivity contribution in [2.24, 2.45) is 5.92 Å². The number of hydrogen-bond donors (Lipinski definition) is 3. The number of aromatic nitrogens is 4. The Morgan fingerprint density at radius 3 is 2.71 bits per heavy atom. The fraction of sp³-hybridized carbons (Fsp3) is 0.333. The summed E-state index contributed by atoms with van der Waals surface area (Å²) in [6, 6.07) is 9.59. The Bertz CT molecular complexity index is 1030. The van der Waals surface area contributed by atoms with Crippen LogP contribution in [0.4, 0.5) is 11.6 Å². The highest BCUT2D eigenvalue weighted by molar-refractivity contribution is 5.85. The second-order valence-corrected chi connectivity index (χ2v) is 7.06. The number of nitrogens with zero attached hydrogens (tertiary/aromatic N) is 4. The predicted octanol–water partition coefficient (Wildman–Crippen LogP) is 3.29. The van der Waals surface area contributed by atoms with E-state index in [9.17, 15) is 0 Å². The van der Waals surface area contributed by atoms with E-state index in [1.165, 1.54) is 12.4 Å². The van der Waals surface area contributed by atoms with Gasteiger partial charge in [-0.3, -0.25) is 5.10 Å². The van der Waals surface area contributed by atoms with Gasteiger partial charge in [0.25, 0.3) is 0 Å². The van der Waals surface area contributed by atoms with Gasteiger partial charge in [0.15, 0.2) is 11.5 Å². The molecule has 1 saturated heterocycles. The molecule has 1 aliphatic heterocycles. The smallest absolute Gasteiger partial charge is 0.158 e. The monoisotopic (exact) mass is 441 g/mol. The minimum atomic E-state index is 0. The van der Waals surface area contributed by atoms with Gasteiger partial charge in [0.2, 0.25) is 0 Å². The van der Waals surface area contributed by atoms with Crippen LogP contribution in [0.1, 0.15) is 18.5 Å². The molecule has 3 heterocycles. The number of hydrogen-bond acceptors (Lipinski definition) is 8. The zero-order chi connectivity index (χ0) is 20.8. The third-order valence-electron chi connectivity index (χ3n) is 5.01. The lowest BCUT2D eigenvalue weighted by atomic mass is 9.99. The van der Waals surface area contributed by atoms with Gasteiger partial charge >= 0.3 is 0 Å². The van der Waals surface area contributed by atoms with Gasteiger partial charge in [-0.1, -0.05) is 0 Å². The lowest BCUT2D eigenvalue weighted by Crippen LogP contribution is -2.30. The first-order chi connectivity index (χ1) is 14.7. The molecule has 0 saturated carbocycles. The molecular formula is C21H24ClN7O2. The molecule has 2 aromatic heterocycles. The Hall–Kier alpha value is -3.35. The third kappa shape index (κ3) is 5.63. The fourth-order valence-corrected chi connectivity index (χ4v) is 3.35. The van der Waals surface area contributed by atoms with Crippen LogP contribution in [0.25, 0.3) is 11.3 Å². The first-order valence-corrected chi connectivity index (χ1v) is 9.81. The number of ether oxygens (including phenoxy) is 2. The summed E-state index contributed by atoms with van der Waals surface area (Å²) >= 11 is 0. The number of halogens is 1. The number of nitriles is 1. The van der Waals surface area contributed by atoms with Crippen LogP contribution in [0.5, 0.6) is 11.5 Å². The highest BCUT2D eigenvalue weighted by atomic mass is 35.5. The molecule has 162 valence electrons. The Balaban J connectivity index is 0.00000272. The van der Waals surface area contributed by atoms with Crippen LogP contribution in [0.15, 0.2) is 36.7 Å². The van der Waals surface area contributed by atoms with Crippen LogP contribution in [-0.4, -0.2) is 47.0 Å². The van der Waals surface area contributed by atoms with Crippen molar-refractivity contribution in [1.29, 1.82) is 5.26 Å². The molecule has 10 heteroatoms. The molecule has 1 fully saturated rings. The van der Waals surface area contributed by atoms with Gasteiger partial charge in [0.1, 0.15) is 23.4 Å². The molecule has 0 bridgehead atoms. The summed E-state index contributed by atoms with van der Waals surface area (Å²) < 4.78 is 11.6. The number of rotatable bonds is 7. The zero-order valence-electron chi connectivity index (χ0n) is 17.1. The highest BCUT2D eigenvalue weighted by Crippen LogP contribution is 2.33. The normalized spacial score (nSPS) is 13.7. The summed E-state index contributed by atoms with van der Waals surface area (Å²) in [5, 5.41) is 22.5. The van der Waals surface area contributed by atoms with Crippen molar-refractivity contribution in [3.05, 3.63) is 42.4 Å². The zero-order valence-corrected chi connectivity index (χ0v) is 17.9. The fourth-order valence-electron chi connectivity index (χ4n) is 3.35. The minimum Gasteiger partial charge on any atom is -0.496 e. The molecule has 0 aliphatic carbocycles. The van der Waals surface area contributed by atoms with Crippen LogP contribution in [-0.2, 0) is 0 Å². The summed E-state index contributed by atoms with van der Waals surface area (Å²) in [6.07, 6.45) is 5.18. The van der Waals surface area contributed by atoms with E-state index in [-0.39, 0.29) is 18.1 Å². The molecule has 31 heavy (non-hydrogen) atoms. The number of H-pyrrole nitrogens is 1. The van der Waals surface area contributed by atoms with Gasteiger partial charge < -0.3 is 20.1 Å². The van der Waals surface area contributed by atoms with Crippen LogP contribution in [0.3, 0.4) is 0 Å². The van der Waals surface area contributed by atoms with Crippen LogP contribution in [0, 0.1) is 17.2 Å². The molecule has 3 aromatic rings. The molecule has 0 atom stereocenters. The molecule has 4 rings (SSSR count). The van der Waals surface area contributed by atoms with Gasteiger partial charge in [-0.25, -0.2) is 9.97 Å². The maximum absolute atomic E-state index is 8.80. The van der Waals surface area contributed by atoms with Crippen molar-refractivity contribution in [2.75, 3.05) is 32.1 Å². The SMILES string of the molecule is COc1cc(OCC2CCNCC2)ccc1-c1cc(Nc2cnc(C#N)cn2)n[nH]1.Cl. The molecule has 9 nitrogen and oxygen atoms in total. The molecule has 1 aromatic carbocycles. The van der Waals surface area contributed by atoms with Crippen molar-refractivity contribution in [3.63, 3.8) is 0 Å². The number of aromatic amines is 1. The molecule has 0 spiro atoms. The van der Waals surface area contributed by atoms with Gasteiger partial charge in [0.05, 0.1) is 31.8 Å². The average Bonchev–Trinajstić information content (AvgIpc) is 3.27. The Morgan fingerprint density at radius 2 is 2.00 bits per heavy atom. The second kappa shape index (κ2) is 10.6. The van der Waals surface area contributed by atoms with Crippen molar-refractivity contribution in [3.8, 4) is 28.8 Å². The van der Waals surface area contributed by atoms with E-state index in [0.717, 1.165) is 42.9 Å². The lowest BCUT2D eigenvalue weighted by Gasteiger charge is -2.22. The minimum absolute atomic E-state index is 0. The van der Waals surface area contributed by atoms with Gasteiger partial charge in [0, 0.05) is 17.7 Å². The van der Waals surface area contributed by atoms with Crippen molar-refractivity contribution in [2.45, 2.75) is 12.8 Å². The number of methoxy groups -OCH3 is 1. The predicted molar refractivity (Wildman–Crippen MR) is 119 cm³/mol. The average molecular weight is 442 g/mol. The van der Waals surface area contributed by atoms with E-state index < -0.39 is 0 Å². The molecular weight excluding hydrogens is 418 g/mol. The standard InChI is InChI=1S/C21H23N7O2.ClH/c1-29-19-8-16(30-13-14-4-6-23-7-5-14)2-3-17(19)18-9-20(28-27-18)26-21-12-24-15(10-22)11-25-21;/h2-3,8-9,11-12,14,23H,4-7,13H2,1H3,(H2,25,26,27,28);1H. The van der Waals surface area contributed by atoms with Crippen molar-refractivity contribution in [1.82, 2.24) is 25.5 Å². The van der Waals surface area contributed by atoms with Crippen molar-refractivity contribution >= 4 is 24.0 Å². The first-order valence-electron chi connectivity index (χ1n) is 9.81. The van der Waals surface area contributed by atoms with Crippen LogP contribution >= 0.6 is 12.4 Å². The van der Waals surface area contributed by atoms with E-state index >= 15 is 0 Å². The van der Waals surface area contributed by atoms with E-state index in [2.05, 4.69) is 30.8 Å². The Morgan fingerprint density at radius 1 is 1.16 bits per heavy atom. The summed E-state index contributed by atoms with van der Waals surface area (Å²) in [7, 11) is 1.64.